The second-order valence-electron chi connectivity index (χ2n) is 3.98. The Morgan fingerprint density at radius 1 is 1.28 bits per heavy atom. The molecule has 18 heavy (non-hydrogen) atoms. The van der Waals surface area contributed by atoms with E-state index in [9.17, 15) is 18.0 Å². The average Bonchev–Trinajstić information content (AvgIpc) is 2.27. The van der Waals surface area contributed by atoms with Crippen molar-refractivity contribution in [3.63, 3.8) is 0 Å². The first kappa shape index (κ1) is 14.5. The molecular formula is C12H14F3NO2. The maximum atomic E-state index is 12.6. The van der Waals surface area contributed by atoms with Crippen LogP contribution in [0.15, 0.2) is 24.3 Å². The Balaban J connectivity index is 2.80. The largest absolute Gasteiger partial charge is 0.461 e. The number of benzene rings is 1. The molecule has 0 saturated heterocycles. The van der Waals surface area contributed by atoms with E-state index in [4.69, 9.17) is 4.74 Å². The summed E-state index contributed by atoms with van der Waals surface area (Å²) in [5.41, 5.74) is -1.43. The standard InChI is InChI=1S/C12H14F3NO2/c1-16(2)7-8-18-11(17)9-5-3-4-6-10(9)12(13,14)15/h3-6H,7-8H2,1-2H3. The summed E-state index contributed by atoms with van der Waals surface area (Å²) in [7, 11) is 3.55. The van der Waals surface area contributed by atoms with Gasteiger partial charge in [0.15, 0.2) is 0 Å². The molecule has 0 spiro atoms. The van der Waals surface area contributed by atoms with Crippen LogP contribution in [0.1, 0.15) is 15.9 Å². The summed E-state index contributed by atoms with van der Waals surface area (Å²) in [4.78, 5) is 13.3. The topological polar surface area (TPSA) is 29.5 Å². The van der Waals surface area contributed by atoms with Gasteiger partial charge in [-0.05, 0) is 26.2 Å². The number of halogens is 3. The molecule has 0 radical (unpaired) electrons. The number of rotatable bonds is 4. The van der Waals surface area contributed by atoms with Gasteiger partial charge in [-0.15, -0.1) is 0 Å². The third kappa shape index (κ3) is 4.03. The van der Waals surface area contributed by atoms with Gasteiger partial charge in [0.1, 0.15) is 6.61 Å². The van der Waals surface area contributed by atoms with Crippen molar-refractivity contribution in [2.75, 3.05) is 27.2 Å². The molecule has 0 bridgehead atoms. The first-order valence-corrected chi connectivity index (χ1v) is 5.30. The molecule has 0 saturated carbocycles. The van der Waals surface area contributed by atoms with Gasteiger partial charge in [-0.2, -0.15) is 13.2 Å². The molecule has 1 aromatic carbocycles. The minimum absolute atomic E-state index is 0.0536. The van der Waals surface area contributed by atoms with Crippen molar-refractivity contribution in [1.29, 1.82) is 0 Å². The summed E-state index contributed by atoms with van der Waals surface area (Å²) in [6, 6.07) is 4.58. The number of carbonyl (C=O) groups excluding carboxylic acids is 1. The molecule has 1 aromatic rings. The van der Waals surface area contributed by atoms with E-state index in [1.54, 1.807) is 19.0 Å². The Morgan fingerprint density at radius 2 is 1.89 bits per heavy atom. The van der Waals surface area contributed by atoms with E-state index in [0.29, 0.717) is 6.54 Å². The predicted octanol–water partition coefficient (Wildman–Crippen LogP) is 2.42. The molecule has 0 N–H and O–H groups in total. The highest BCUT2D eigenvalue weighted by molar-refractivity contribution is 5.91. The number of carbonyl (C=O) groups is 1. The normalized spacial score (nSPS) is 11.7. The number of esters is 1. The van der Waals surface area contributed by atoms with Crippen LogP contribution in [0.25, 0.3) is 0 Å². The molecule has 0 aromatic heterocycles. The van der Waals surface area contributed by atoms with Crippen LogP contribution in [0.5, 0.6) is 0 Å². The molecule has 6 heteroatoms. The Hall–Kier alpha value is -1.56. The second kappa shape index (κ2) is 5.86. The van der Waals surface area contributed by atoms with Gasteiger partial charge in [-0.1, -0.05) is 12.1 Å². The van der Waals surface area contributed by atoms with E-state index in [-0.39, 0.29) is 6.61 Å². The third-order valence-corrected chi connectivity index (χ3v) is 2.22. The van der Waals surface area contributed by atoms with E-state index < -0.39 is 23.3 Å². The van der Waals surface area contributed by atoms with Crippen LogP contribution in [0, 0.1) is 0 Å². The molecule has 0 aliphatic heterocycles. The first-order chi connectivity index (χ1) is 8.32. The van der Waals surface area contributed by atoms with E-state index in [1.807, 2.05) is 0 Å². The monoisotopic (exact) mass is 261 g/mol. The Bertz CT molecular complexity index is 416. The van der Waals surface area contributed by atoms with Gasteiger partial charge < -0.3 is 9.64 Å². The highest BCUT2D eigenvalue weighted by Gasteiger charge is 2.35. The van der Waals surface area contributed by atoms with Gasteiger partial charge in [0.25, 0.3) is 0 Å². The highest BCUT2D eigenvalue weighted by Crippen LogP contribution is 2.32. The summed E-state index contributed by atoms with van der Waals surface area (Å²) in [5, 5.41) is 0. The minimum Gasteiger partial charge on any atom is -0.461 e. The summed E-state index contributed by atoms with van der Waals surface area (Å²) >= 11 is 0. The van der Waals surface area contributed by atoms with Crippen LogP contribution in [0.3, 0.4) is 0 Å². The van der Waals surface area contributed by atoms with Crippen LogP contribution in [0.4, 0.5) is 13.2 Å². The number of alkyl halides is 3. The molecule has 0 fully saturated rings. The van der Waals surface area contributed by atoms with Crippen molar-refractivity contribution >= 4 is 5.97 Å². The van der Waals surface area contributed by atoms with Gasteiger partial charge in [0.2, 0.25) is 0 Å². The zero-order valence-corrected chi connectivity index (χ0v) is 10.1. The van der Waals surface area contributed by atoms with Crippen molar-refractivity contribution < 1.29 is 22.7 Å². The summed E-state index contributed by atoms with van der Waals surface area (Å²) < 4.78 is 42.7. The minimum atomic E-state index is -4.56. The first-order valence-electron chi connectivity index (χ1n) is 5.30. The lowest BCUT2D eigenvalue weighted by molar-refractivity contribution is -0.138. The maximum absolute atomic E-state index is 12.6. The zero-order valence-electron chi connectivity index (χ0n) is 10.1. The van der Waals surface area contributed by atoms with Crippen LogP contribution in [0.2, 0.25) is 0 Å². The van der Waals surface area contributed by atoms with Crippen molar-refractivity contribution in [3.05, 3.63) is 35.4 Å². The smallest absolute Gasteiger partial charge is 0.417 e. The van der Waals surface area contributed by atoms with Gasteiger partial charge in [0, 0.05) is 6.54 Å². The van der Waals surface area contributed by atoms with Gasteiger partial charge in [0.05, 0.1) is 11.1 Å². The fourth-order valence-corrected chi connectivity index (χ4v) is 1.31. The molecule has 0 aliphatic rings. The van der Waals surface area contributed by atoms with E-state index in [0.717, 1.165) is 12.1 Å². The van der Waals surface area contributed by atoms with E-state index in [1.165, 1.54) is 12.1 Å². The van der Waals surface area contributed by atoms with Crippen molar-refractivity contribution in [2.24, 2.45) is 0 Å². The predicted molar refractivity (Wildman–Crippen MR) is 60.3 cm³/mol. The Morgan fingerprint density at radius 3 is 2.44 bits per heavy atom. The number of hydrogen-bond donors (Lipinski definition) is 0. The zero-order chi connectivity index (χ0) is 13.8. The van der Waals surface area contributed by atoms with E-state index in [2.05, 4.69) is 0 Å². The SMILES string of the molecule is CN(C)CCOC(=O)c1ccccc1C(F)(F)F. The lowest BCUT2D eigenvalue weighted by atomic mass is 10.1. The summed E-state index contributed by atoms with van der Waals surface area (Å²) in [5.74, 6) is -0.954. The van der Waals surface area contributed by atoms with Gasteiger partial charge in [-0.25, -0.2) is 4.79 Å². The van der Waals surface area contributed by atoms with Crippen molar-refractivity contribution in [3.8, 4) is 0 Å². The molecule has 0 atom stereocenters. The number of ether oxygens (including phenoxy) is 1. The molecule has 1 rings (SSSR count). The van der Waals surface area contributed by atoms with E-state index >= 15 is 0 Å². The number of likely N-dealkylation sites (N-methyl/N-ethyl adjacent to an activating group) is 1. The molecule has 100 valence electrons. The van der Waals surface area contributed by atoms with Gasteiger partial charge in [-0.3, -0.25) is 0 Å². The van der Waals surface area contributed by atoms with Crippen LogP contribution in [-0.2, 0) is 10.9 Å². The molecule has 0 heterocycles. The average molecular weight is 261 g/mol. The third-order valence-electron chi connectivity index (χ3n) is 2.22. The lowest BCUT2D eigenvalue weighted by Gasteiger charge is -2.13. The second-order valence-corrected chi connectivity index (χ2v) is 3.98. The van der Waals surface area contributed by atoms with Crippen molar-refractivity contribution in [2.45, 2.75) is 6.18 Å². The lowest BCUT2D eigenvalue weighted by Crippen LogP contribution is -2.21. The van der Waals surface area contributed by atoms with Crippen molar-refractivity contribution in [1.82, 2.24) is 4.90 Å². The number of nitrogens with zero attached hydrogens (tertiary/aromatic N) is 1. The maximum Gasteiger partial charge on any atom is 0.417 e. The molecular weight excluding hydrogens is 247 g/mol. The fraction of sp³-hybridized carbons (Fsp3) is 0.417. The van der Waals surface area contributed by atoms with Gasteiger partial charge >= 0.3 is 12.1 Å². The fourth-order valence-electron chi connectivity index (χ4n) is 1.31. The Labute approximate surface area is 103 Å². The quantitative estimate of drug-likeness (QED) is 0.780. The number of hydrogen-bond acceptors (Lipinski definition) is 3. The summed E-state index contributed by atoms with van der Waals surface area (Å²) in [6.45, 7) is 0.512. The van der Waals surface area contributed by atoms with Crippen LogP contribution >= 0.6 is 0 Å². The molecule has 0 amide bonds. The molecule has 3 nitrogen and oxygen atoms in total. The Kier molecular flexibility index (Phi) is 4.72. The van der Waals surface area contributed by atoms with Crippen LogP contribution < -0.4 is 0 Å². The van der Waals surface area contributed by atoms with Crippen LogP contribution in [-0.4, -0.2) is 38.1 Å². The molecule has 0 aliphatic carbocycles. The summed E-state index contributed by atoms with van der Waals surface area (Å²) in [6.07, 6.45) is -4.56. The highest BCUT2D eigenvalue weighted by atomic mass is 19.4. The molecule has 0 unspecified atom stereocenters.